The first-order valence-corrected chi connectivity index (χ1v) is 8.57. The molecule has 1 N–H and O–H groups in total. The first kappa shape index (κ1) is 15.6. The summed E-state index contributed by atoms with van der Waals surface area (Å²) in [4.78, 5) is 4.28. The minimum atomic E-state index is -3.83. The van der Waals surface area contributed by atoms with Gasteiger partial charge in [0.1, 0.15) is 16.3 Å². The Bertz CT molecular complexity index is 983. The lowest BCUT2D eigenvalue weighted by atomic mass is 10.3. The van der Waals surface area contributed by atoms with E-state index in [0.717, 1.165) is 11.3 Å². The van der Waals surface area contributed by atoms with Gasteiger partial charge in [0.2, 0.25) is 0 Å². The van der Waals surface area contributed by atoms with Crippen molar-refractivity contribution in [1.82, 2.24) is 9.38 Å². The van der Waals surface area contributed by atoms with Gasteiger partial charge in [-0.05, 0) is 37.3 Å². The molecular weight excluding hydrogens is 338 g/mol. The van der Waals surface area contributed by atoms with Gasteiger partial charge in [-0.2, -0.15) is 0 Å². The molecule has 8 heteroatoms. The predicted octanol–water partition coefficient (Wildman–Crippen LogP) is 3.11. The first-order valence-electron chi connectivity index (χ1n) is 6.71. The lowest BCUT2D eigenvalue weighted by Crippen LogP contribution is -2.14. The maximum Gasteiger partial charge on any atom is 0.265 e. The molecule has 6 nitrogen and oxygen atoms in total. The second-order valence-electron chi connectivity index (χ2n) is 4.97. The third-order valence-corrected chi connectivity index (χ3v) is 4.88. The fourth-order valence-corrected chi connectivity index (χ4v) is 3.73. The number of hydrogen-bond donors (Lipinski definition) is 1. The molecule has 23 heavy (non-hydrogen) atoms. The Morgan fingerprint density at radius 3 is 2.74 bits per heavy atom. The van der Waals surface area contributed by atoms with Crippen LogP contribution >= 0.6 is 11.6 Å². The highest BCUT2D eigenvalue weighted by molar-refractivity contribution is 7.92. The largest absolute Gasteiger partial charge is 0.495 e. The van der Waals surface area contributed by atoms with Crippen molar-refractivity contribution >= 4 is 33.0 Å². The van der Waals surface area contributed by atoms with Crippen LogP contribution < -0.4 is 9.46 Å². The van der Waals surface area contributed by atoms with E-state index in [-0.39, 0.29) is 10.6 Å². The van der Waals surface area contributed by atoms with Gasteiger partial charge in [0.25, 0.3) is 10.0 Å². The van der Waals surface area contributed by atoms with Crippen molar-refractivity contribution < 1.29 is 13.2 Å². The van der Waals surface area contributed by atoms with Crippen LogP contribution in [-0.4, -0.2) is 24.9 Å². The van der Waals surface area contributed by atoms with E-state index < -0.39 is 10.0 Å². The molecule has 2 heterocycles. The van der Waals surface area contributed by atoms with Gasteiger partial charge in [-0.15, -0.1) is 0 Å². The molecule has 0 atom stereocenters. The molecule has 3 rings (SSSR count). The number of benzene rings is 1. The van der Waals surface area contributed by atoms with Crippen molar-refractivity contribution in [2.75, 3.05) is 11.8 Å². The van der Waals surface area contributed by atoms with E-state index in [0.29, 0.717) is 10.7 Å². The predicted molar refractivity (Wildman–Crippen MR) is 88.7 cm³/mol. The number of pyridine rings is 1. The van der Waals surface area contributed by atoms with Gasteiger partial charge in [-0.25, -0.2) is 13.4 Å². The van der Waals surface area contributed by atoms with Crippen molar-refractivity contribution in [3.8, 4) is 5.75 Å². The lowest BCUT2D eigenvalue weighted by Gasteiger charge is -2.12. The average molecular weight is 352 g/mol. The summed E-state index contributed by atoms with van der Waals surface area (Å²) < 4.78 is 34.6. The number of anilines is 1. The van der Waals surface area contributed by atoms with Gasteiger partial charge in [-0.3, -0.25) is 4.72 Å². The van der Waals surface area contributed by atoms with Crippen LogP contribution in [0.15, 0.2) is 47.6 Å². The fourth-order valence-electron chi connectivity index (χ4n) is 2.25. The average Bonchev–Trinajstić information content (AvgIpc) is 2.86. The number of nitrogens with one attached hydrogen (secondary N) is 1. The van der Waals surface area contributed by atoms with E-state index in [2.05, 4.69) is 9.71 Å². The highest BCUT2D eigenvalue weighted by Crippen LogP contribution is 2.28. The molecule has 0 radical (unpaired) electrons. The monoisotopic (exact) mass is 351 g/mol. The van der Waals surface area contributed by atoms with E-state index >= 15 is 0 Å². The lowest BCUT2D eigenvalue weighted by molar-refractivity contribution is 0.403. The van der Waals surface area contributed by atoms with Gasteiger partial charge in [0.05, 0.1) is 18.5 Å². The number of sulfonamides is 1. The highest BCUT2D eigenvalue weighted by Gasteiger charge is 2.20. The number of rotatable bonds is 4. The molecule has 3 aromatic rings. The second-order valence-corrected chi connectivity index (χ2v) is 7.05. The molecule has 0 saturated carbocycles. The summed E-state index contributed by atoms with van der Waals surface area (Å²) in [7, 11) is -2.43. The third-order valence-electron chi connectivity index (χ3n) is 3.24. The van der Waals surface area contributed by atoms with Crippen LogP contribution in [0.25, 0.3) is 5.65 Å². The number of fused-ring (bicyclic) bond motifs is 1. The number of ether oxygens (including phenoxy) is 1. The summed E-state index contributed by atoms with van der Waals surface area (Å²) in [6, 6.07) is 7.82. The van der Waals surface area contributed by atoms with E-state index in [1.54, 1.807) is 28.8 Å². The summed E-state index contributed by atoms with van der Waals surface area (Å²) in [6.07, 6.45) is 3.47. The zero-order chi connectivity index (χ0) is 16.6. The highest BCUT2D eigenvalue weighted by atomic mass is 35.5. The van der Waals surface area contributed by atoms with Crippen molar-refractivity contribution in [2.45, 2.75) is 11.8 Å². The standard InChI is InChI=1S/C15H14ClN3O3S/c1-10-8-19-9-12(4-6-15(19)17-10)18-23(20,21)14-7-11(16)3-5-13(14)22-2/h3-9,18H,1-2H3. The van der Waals surface area contributed by atoms with Crippen LogP contribution in [0.5, 0.6) is 5.75 Å². The summed E-state index contributed by atoms with van der Waals surface area (Å²) in [5.41, 5.74) is 2.00. The number of hydrogen-bond acceptors (Lipinski definition) is 4. The number of methoxy groups -OCH3 is 1. The topological polar surface area (TPSA) is 72.7 Å². The Labute approximate surface area is 138 Å². The maximum absolute atomic E-state index is 12.6. The summed E-state index contributed by atoms with van der Waals surface area (Å²) in [5, 5.41) is 0.312. The second kappa shape index (κ2) is 5.75. The van der Waals surface area contributed by atoms with Crippen LogP contribution in [0.3, 0.4) is 0 Å². The normalized spacial score (nSPS) is 11.6. The number of aryl methyl sites for hydroxylation is 1. The molecule has 0 aliphatic carbocycles. The maximum atomic E-state index is 12.6. The van der Waals surface area contributed by atoms with E-state index in [4.69, 9.17) is 16.3 Å². The molecule has 0 spiro atoms. The molecule has 0 aliphatic rings. The van der Waals surface area contributed by atoms with E-state index in [9.17, 15) is 8.42 Å². The molecule has 1 aromatic carbocycles. The molecule has 0 bridgehead atoms. The number of aromatic nitrogens is 2. The Morgan fingerprint density at radius 2 is 2.00 bits per heavy atom. The molecule has 0 amide bonds. The molecule has 120 valence electrons. The number of imidazole rings is 1. The molecule has 0 saturated heterocycles. The van der Waals surface area contributed by atoms with Crippen molar-refractivity contribution in [1.29, 1.82) is 0 Å². The molecule has 0 unspecified atom stereocenters. The first-order chi connectivity index (χ1) is 10.9. The Kier molecular flexibility index (Phi) is 3.91. The van der Waals surface area contributed by atoms with Gasteiger partial charge in [-0.1, -0.05) is 11.6 Å². The quantitative estimate of drug-likeness (QED) is 0.783. The van der Waals surface area contributed by atoms with Crippen LogP contribution in [0.1, 0.15) is 5.69 Å². The SMILES string of the molecule is COc1ccc(Cl)cc1S(=O)(=O)Nc1ccc2nc(C)cn2c1. The third kappa shape index (κ3) is 3.11. The van der Waals surface area contributed by atoms with Gasteiger partial charge in [0, 0.05) is 17.4 Å². The van der Waals surface area contributed by atoms with Crippen LogP contribution in [0, 0.1) is 6.92 Å². The Balaban J connectivity index is 2.01. The van der Waals surface area contributed by atoms with Crippen LogP contribution in [-0.2, 0) is 10.0 Å². The zero-order valence-electron chi connectivity index (χ0n) is 12.4. The minimum absolute atomic E-state index is 0.0191. The zero-order valence-corrected chi connectivity index (χ0v) is 14.0. The van der Waals surface area contributed by atoms with Crippen molar-refractivity contribution in [3.05, 3.63) is 53.4 Å². The summed E-state index contributed by atoms with van der Waals surface area (Å²) >= 11 is 5.90. The van der Waals surface area contributed by atoms with E-state index in [1.165, 1.54) is 19.2 Å². The molecule has 0 fully saturated rings. The van der Waals surface area contributed by atoms with Crippen LogP contribution in [0.2, 0.25) is 5.02 Å². The van der Waals surface area contributed by atoms with Crippen LogP contribution in [0.4, 0.5) is 5.69 Å². The number of halogens is 1. The fraction of sp³-hybridized carbons (Fsp3) is 0.133. The Hall–Kier alpha value is -2.25. The van der Waals surface area contributed by atoms with E-state index in [1.807, 2.05) is 13.1 Å². The Morgan fingerprint density at radius 1 is 1.22 bits per heavy atom. The molecule has 0 aliphatic heterocycles. The molecular formula is C15H14ClN3O3S. The van der Waals surface area contributed by atoms with Crippen molar-refractivity contribution in [3.63, 3.8) is 0 Å². The smallest absolute Gasteiger partial charge is 0.265 e. The minimum Gasteiger partial charge on any atom is -0.495 e. The molecule has 2 aromatic heterocycles. The van der Waals surface area contributed by atoms with Gasteiger partial charge in [0.15, 0.2) is 0 Å². The summed E-state index contributed by atoms with van der Waals surface area (Å²) in [6.45, 7) is 1.87. The van der Waals surface area contributed by atoms with Crippen molar-refractivity contribution in [2.24, 2.45) is 0 Å². The van der Waals surface area contributed by atoms with Gasteiger partial charge < -0.3 is 9.14 Å². The summed E-state index contributed by atoms with van der Waals surface area (Å²) in [5.74, 6) is 0.224. The number of nitrogens with zero attached hydrogens (tertiary/aromatic N) is 2. The van der Waals surface area contributed by atoms with Gasteiger partial charge >= 0.3 is 0 Å².